The third-order valence-electron chi connectivity index (χ3n) is 4.75. The van der Waals surface area contributed by atoms with Crippen molar-refractivity contribution >= 4 is 11.7 Å². The van der Waals surface area contributed by atoms with Crippen LogP contribution in [0.4, 0.5) is 5.82 Å². The second-order valence-corrected chi connectivity index (χ2v) is 6.55. The average Bonchev–Trinajstić information content (AvgIpc) is 3.23. The molecule has 1 aliphatic rings. The highest BCUT2D eigenvalue weighted by molar-refractivity contribution is 5.94. The molecule has 0 aliphatic heterocycles. The van der Waals surface area contributed by atoms with Gasteiger partial charge in [0.2, 0.25) is 0 Å². The molecule has 3 heterocycles. The number of nitrogens with zero attached hydrogens (tertiary/aromatic N) is 6. The van der Waals surface area contributed by atoms with Crippen LogP contribution in [0.15, 0.2) is 36.8 Å². The lowest BCUT2D eigenvalue weighted by Gasteiger charge is -2.35. The molecule has 0 radical (unpaired) electrons. The molecule has 0 atom stereocenters. The van der Waals surface area contributed by atoms with Crippen LogP contribution in [0.5, 0.6) is 0 Å². The van der Waals surface area contributed by atoms with Gasteiger partial charge in [-0.2, -0.15) is 5.10 Å². The summed E-state index contributed by atoms with van der Waals surface area (Å²) in [5.74, 6) is 2.39. The van der Waals surface area contributed by atoms with Crippen LogP contribution in [-0.2, 0) is 13.6 Å². The smallest absolute Gasteiger partial charge is 0.253 e. The van der Waals surface area contributed by atoms with Crippen LogP contribution in [0.1, 0.15) is 40.8 Å². The van der Waals surface area contributed by atoms with Crippen molar-refractivity contribution in [3.05, 3.63) is 54.0 Å². The number of hydrogen-bond donors (Lipinski definition) is 2. The van der Waals surface area contributed by atoms with E-state index in [2.05, 4.69) is 25.6 Å². The van der Waals surface area contributed by atoms with Crippen molar-refractivity contribution in [3.63, 3.8) is 0 Å². The number of carbonyl (C=O) groups is 1. The van der Waals surface area contributed by atoms with Crippen LogP contribution < -0.4 is 11.1 Å². The first-order valence-corrected chi connectivity index (χ1v) is 8.48. The van der Waals surface area contributed by atoms with Gasteiger partial charge in [-0.3, -0.25) is 9.48 Å². The van der Waals surface area contributed by atoms with Crippen LogP contribution in [-0.4, -0.2) is 41.5 Å². The lowest BCUT2D eigenvalue weighted by molar-refractivity contribution is 0.0906. The minimum atomic E-state index is -0.127. The first-order chi connectivity index (χ1) is 12.6. The number of aromatic nitrogens is 6. The van der Waals surface area contributed by atoms with Gasteiger partial charge in [-0.1, -0.05) is 0 Å². The second-order valence-electron chi connectivity index (χ2n) is 6.55. The predicted octanol–water partition coefficient (Wildman–Crippen LogP) is 0.713. The number of rotatable bonds is 5. The first kappa shape index (κ1) is 16.2. The van der Waals surface area contributed by atoms with Crippen LogP contribution in [0, 0.1) is 0 Å². The highest BCUT2D eigenvalue weighted by atomic mass is 16.1. The van der Waals surface area contributed by atoms with Gasteiger partial charge in [0.25, 0.3) is 5.91 Å². The van der Waals surface area contributed by atoms with Crippen molar-refractivity contribution in [2.24, 2.45) is 7.05 Å². The van der Waals surface area contributed by atoms with Gasteiger partial charge in [0, 0.05) is 37.6 Å². The van der Waals surface area contributed by atoms with Gasteiger partial charge in [0.1, 0.15) is 18.2 Å². The Kier molecular flexibility index (Phi) is 4.11. The van der Waals surface area contributed by atoms with Gasteiger partial charge in [0.15, 0.2) is 5.82 Å². The van der Waals surface area contributed by atoms with E-state index < -0.39 is 0 Å². The summed E-state index contributed by atoms with van der Waals surface area (Å²) < 4.78 is 3.84. The lowest BCUT2D eigenvalue weighted by Crippen LogP contribution is -2.44. The van der Waals surface area contributed by atoms with Gasteiger partial charge in [0.05, 0.1) is 5.56 Å². The second kappa shape index (κ2) is 6.58. The normalized spacial score (nSPS) is 19.1. The van der Waals surface area contributed by atoms with Crippen molar-refractivity contribution in [1.82, 2.24) is 34.8 Å². The van der Waals surface area contributed by atoms with Gasteiger partial charge >= 0.3 is 0 Å². The molecule has 0 unspecified atom stereocenters. The molecule has 9 heteroatoms. The molecule has 4 rings (SSSR count). The van der Waals surface area contributed by atoms with Crippen molar-refractivity contribution in [2.75, 3.05) is 5.73 Å². The number of amides is 1. The quantitative estimate of drug-likeness (QED) is 0.698. The van der Waals surface area contributed by atoms with E-state index in [1.807, 2.05) is 28.6 Å². The number of carbonyl (C=O) groups excluding carboxylic acids is 1. The zero-order valence-electron chi connectivity index (χ0n) is 14.4. The number of nitrogens with two attached hydrogens (primary N) is 1. The Balaban J connectivity index is 1.34. The summed E-state index contributed by atoms with van der Waals surface area (Å²) in [4.78, 5) is 16.2. The molecular formula is C17H20N8O. The van der Waals surface area contributed by atoms with Crippen molar-refractivity contribution in [3.8, 4) is 0 Å². The molecule has 3 N–H and O–H groups in total. The van der Waals surface area contributed by atoms with Crippen LogP contribution in [0.25, 0.3) is 0 Å². The molecule has 26 heavy (non-hydrogen) atoms. The number of hydrogen-bond acceptors (Lipinski definition) is 6. The summed E-state index contributed by atoms with van der Waals surface area (Å²) in [5, 5.41) is 15.8. The first-order valence-electron chi connectivity index (χ1n) is 8.48. The van der Waals surface area contributed by atoms with Crippen molar-refractivity contribution in [1.29, 1.82) is 0 Å². The van der Waals surface area contributed by atoms with Gasteiger partial charge in [-0.25, -0.2) is 4.98 Å². The molecule has 3 aromatic heterocycles. The highest BCUT2D eigenvalue weighted by Crippen LogP contribution is 2.36. The molecule has 1 aliphatic carbocycles. The zero-order valence-corrected chi connectivity index (χ0v) is 14.4. The molecule has 1 amide bonds. The predicted molar refractivity (Wildman–Crippen MR) is 94.2 cm³/mol. The molecule has 0 saturated heterocycles. The Morgan fingerprint density at radius 2 is 2.19 bits per heavy atom. The van der Waals surface area contributed by atoms with Gasteiger partial charge in [-0.15, -0.1) is 10.2 Å². The maximum atomic E-state index is 12.2. The lowest BCUT2D eigenvalue weighted by atomic mass is 9.79. The SMILES string of the molecule is Cn1c(Cn2cccn2)nnc1C1CC(NC(=O)c2ccc(N)nc2)C1. The highest BCUT2D eigenvalue weighted by Gasteiger charge is 2.35. The minimum Gasteiger partial charge on any atom is -0.384 e. The summed E-state index contributed by atoms with van der Waals surface area (Å²) in [5.41, 5.74) is 6.06. The van der Waals surface area contributed by atoms with E-state index in [1.54, 1.807) is 18.3 Å². The van der Waals surface area contributed by atoms with Gasteiger partial charge in [-0.05, 0) is 31.0 Å². The van der Waals surface area contributed by atoms with Crippen LogP contribution in [0.3, 0.4) is 0 Å². The maximum absolute atomic E-state index is 12.2. The number of nitrogens with one attached hydrogen (secondary N) is 1. The zero-order chi connectivity index (χ0) is 18.1. The molecule has 0 aromatic carbocycles. The number of pyridine rings is 1. The van der Waals surface area contributed by atoms with E-state index in [0.29, 0.717) is 23.8 Å². The van der Waals surface area contributed by atoms with Crippen molar-refractivity contribution in [2.45, 2.75) is 31.3 Å². The maximum Gasteiger partial charge on any atom is 0.253 e. The summed E-state index contributed by atoms with van der Waals surface area (Å²) in [7, 11) is 1.97. The average molecular weight is 352 g/mol. The molecule has 9 nitrogen and oxygen atoms in total. The van der Waals surface area contributed by atoms with Crippen LogP contribution >= 0.6 is 0 Å². The Hall–Kier alpha value is -3.23. The van der Waals surface area contributed by atoms with E-state index in [0.717, 1.165) is 24.5 Å². The largest absolute Gasteiger partial charge is 0.384 e. The molecule has 0 spiro atoms. The standard InChI is InChI=1S/C17H20N8O/c1-24-15(10-25-6-2-5-20-25)22-23-16(24)12-7-13(8-12)21-17(26)11-3-4-14(18)19-9-11/h2-6,9,12-13H,7-8,10H2,1H3,(H2,18,19)(H,21,26). The fourth-order valence-electron chi connectivity index (χ4n) is 3.16. The fraction of sp³-hybridized carbons (Fsp3) is 0.353. The molecular weight excluding hydrogens is 332 g/mol. The fourth-order valence-corrected chi connectivity index (χ4v) is 3.16. The summed E-state index contributed by atoms with van der Waals surface area (Å²) in [6.45, 7) is 0.591. The molecule has 3 aromatic rings. The summed E-state index contributed by atoms with van der Waals surface area (Å²) in [6.07, 6.45) is 6.83. The van der Waals surface area contributed by atoms with E-state index in [9.17, 15) is 4.79 Å². The van der Waals surface area contributed by atoms with E-state index in [4.69, 9.17) is 5.73 Å². The number of anilines is 1. The summed E-state index contributed by atoms with van der Waals surface area (Å²) >= 11 is 0. The van der Waals surface area contributed by atoms with Crippen LogP contribution in [0.2, 0.25) is 0 Å². The molecule has 0 bridgehead atoms. The monoisotopic (exact) mass is 352 g/mol. The number of nitrogen functional groups attached to an aromatic ring is 1. The van der Waals surface area contributed by atoms with E-state index >= 15 is 0 Å². The third kappa shape index (κ3) is 3.15. The topological polar surface area (TPSA) is 117 Å². The Bertz CT molecular complexity index is 894. The molecule has 1 saturated carbocycles. The minimum absolute atomic E-state index is 0.127. The van der Waals surface area contributed by atoms with E-state index in [1.165, 1.54) is 6.20 Å². The Labute approximate surface area is 150 Å². The van der Waals surface area contributed by atoms with Gasteiger partial charge < -0.3 is 15.6 Å². The van der Waals surface area contributed by atoms with E-state index in [-0.39, 0.29) is 11.9 Å². The summed E-state index contributed by atoms with van der Waals surface area (Å²) in [6, 6.07) is 5.32. The Morgan fingerprint density at radius 1 is 1.35 bits per heavy atom. The molecule has 134 valence electrons. The molecule has 1 fully saturated rings. The third-order valence-corrected chi connectivity index (χ3v) is 4.75. The Morgan fingerprint density at radius 3 is 2.88 bits per heavy atom. The van der Waals surface area contributed by atoms with Crippen molar-refractivity contribution < 1.29 is 4.79 Å².